The van der Waals surface area contributed by atoms with Gasteiger partial charge in [-0.05, 0) is 43.7 Å². The van der Waals surface area contributed by atoms with E-state index in [-0.39, 0.29) is 10.6 Å². The van der Waals surface area contributed by atoms with Gasteiger partial charge in [0.2, 0.25) is 5.78 Å². The van der Waals surface area contributed by atoms with Gasteiger partial charge in [0.25, 0.3) is 0 Å². The molecule has 128 valence electrons. The third kappa shape index (κ3) is 3.59. The Morgan fingerprint density at radius 1 is 1.36 bits per heavy atom. The molecule has 0 radical (unpaired) electrons. The monoisotopic (exact) mass is 356 g/mol. The molecular formula is C19H17ClN2O3. The van der Waals surface area contributed by atoms with Crippen LogP contribution in [0.4, 0.5) is 0 Å². The Morgan fingerprint density at radius 2 is 2.04 bits per heavy atom. The van der Waals surface area contributed by atoms with Crippen LogP contribution in [-0.4, -0.2) is 20.6 Å². The highest BCUT2D eigenvalue weighted by Crippen LogP contribution is 2.34. The summed E-state index contributed by atoms with van der Waals surface area (Å²) < 4.78 is 1.93. The number of phenolic OH excluding ortho intramolecular Hbond substituents is 2. The number of carbonyl (C=O) groups excluding carboxylic acids is 1. The van der Waals surface area contributed by atoms with Crippen molar-refractivity contribution in [3.63, 3.8) is 0 Å². The average Bonchev–Trinajstić information content (AvgIpc) is 2.85. The molecule has 0 aliphatic heterocycles. The predicted molar refractivity (Wildman–Crippen MR) is 96.8 cm³/mol. The van der Waals surface area contributed by atoms with E-state index in [1.165, 1.54) is 18.2 Å². The lowest BCUT2D eigenvalue weighted by Crippen LogP contribution is -2.05. The fourth-order valence-electron chi connectivity index (χ4n) is 2.59. The molecule has 0 bridgehead atoms. The number of phenols is 2. The molecule has 25 heavy (non-hydrogen) atoms. The van der Waals surface area contributed by atoms with Crippen molar-refractivity contribution in [2.45, 2.75) is 20.4 Å². The topological polar surface area (TPSA) is 86.2 Å². The molecule has 0 atom stereocenters. The van der Waals surface area contributed by atoms with E-state index in [4.69, 9.17) is 11.6 Å². The number of carbonyl (C=O) groups is 1. The highest BCUT2D eigenvalue weighted by atomic mass is 35.5. The third-order valence-electron chi connectivity index (χ3n) is 3.87. The Hall–Kier alpha value is -2.97. The predicted octanol–water partition coefficient (Wildman–Crippen LogP) is 4.15. The third-order valence-corrected chi connectivity index (χ3v) is 4.16. The van der Waals surface area contributed by atoms with Crippen LogP contribution in [0.3, 0.4) is 0 Å². The number of ketones is 1. The van der Waals surface area contributed by atoms with Gasteiger partial charge in [-0.1, -0.05) is 17.7 Å². The summed E-state index contributed by atoms with van der Waals surface area (Å²) in [5, 5.41) is 28.4. The number of Topliss-reactive ketones (excluding diaryl/α,β-unsaturated/α-hetero) is 1. The molecule has 0 saturated heterocycles. The maximum atomic E-state index is 12.7. The molecule has 2 aromatic rings. The number of aromatic hydroxyl groups is 2. The first-order chi connectivity index (χ1) is 11.8. The fraction of sp³-hybridized carbons (Fsp3) is 0.158. The summed E-state index contributed by atoms with van der Waals surface area (Å²) in [6.45, 7) is 7.95. The van der Waals surface area contributed by atoms with E-state index in [2.05, 4.69) is 6.58 Å². The second-order valence-electron chi connectivity index (χ2n) is 5.55. The standard InChI is InChI=1S/C19H17ClN2O3/c1-4-5-22-11(2)6-15(12(22)3)18(24)14(10-21)7-13-8-16(20)19(25)17(23)9-13/h4,6-9,23,25H,1,5H2,2-3H3/b14-7+. The van der Waals surface area contributed by atoms with Crippen molar-refractivity contribution >= 4 is 23.5 Å². The molecule has 6 heteroatoms. The van der Waals surface area contributed by atoms with E-state index < -0.39 is 17.3 Å². The lowest BCUT2D eigenvalue weighted by molar-refractivity contribution is 0.103. The molecule has 0 aliphatic carbocycles. The number of rotatable bonds is 5. The van der Waals surface area contributed by atoms with Crippen LogP contribution in [0.2, 0.25) is 5.02 Å². The van der Waals surface area contributed by atoms with Crippen LogP contribution in [-0.2, 0) is 6.54 Å². The van der Waals surface area contributed by atoms with E-state index in [1.54, 1.807) is 12.1 Å². The van der Waals surface area contributed by atoms with Crippen molar-refractivity contribution in [3.8, 4) is 17.6 Å². The van der Waals surface area contributed by atoms with Crippen LogP contribution in [0.25, 0.3) is 6.08 Å². The van der Waals surface area contributed by atoms with Gasteiger partial charge in [-0.25, -0.2) is 0 Å². The van der Waals surface area contributed by atoms with Crippen LogP contribution in [0.15, 0.2) is 36.4 Å². The van der Waals surface area contributed by atoms with E-state index in [0.29, 0.717) is 17.7 Å². The molecule has 1 heterocycles. The number of hydrogen-bond donors (Lipinski definition) is 2. The van der Waals surface area contributed by atoms with Crippen molar-refractivity contribution in [1.82, 2.24) is 4.57 Å². The van der Waals surface area contributed by atoms with Gasteiger partial charge < -0.3 is 14.8 Å². The van der Waals surface area contributed by atoms with Gasteiger partial charge in [-0.2, -0.15) is 5.26 Å². The Bertz CT molecular complexity index is 910. The highest BCUT2D eigenvalue weighted by Gasteiger charge is 2.19. The largest absolute Gasteiger partial charge is 0.504 e. The lowest BCUT2D eigenvalue weighted by Gasteiger charge is -2.06. The molecule has 2 rings (SSSR count). The molecule has 5 nitrogen and oxygen atoms in total. The minimum atomic E-state index is -0.448. The molecule has 0 spiro atoms. The Morgan fingerprint density at radius 3 is 2.60 bits per heavy atom. The molecule has 1 aromatic heterocycles. The van der Waals surface area contributed by atoms with Crippen molar-refractivity contribution in [1.29, 1.82) is 5.26 Å². The molecule has 0 aliphatic rings. The molecule has 0 saturated carbocycles. The van der Waals surface area contributed by atoms with Crippen LogP contribution in [0, 0.1) is 25.2 Å². The van der Waals surface area contributed by atoms with Crippen molar-refractivity contribution in [2.24, 2.45) is 0 Å². The van der Waals surface area contributed by atoms with Crippen molar-refractivity contribution in [2.75, 3.05) is 0 Å². The number of benzene rings is 1. The van der Waals surface area contributed by atoms with E-state index in [9.17, 15) is 20.3 Å². The number of aryl methyl sites for hydroxylation is 1. The molecular weight excluding hydrogens is 340 g/mol. The SMILES string of the molecule is C=CCn1c(C)cc(C(=O)/C(C#N)=C/c2cc(O)c(O)c(Cl)c2)c1C. The molecule has 2 N–H and O–H groups in total. The lowest BCUT2D eigenvalue weighted by atomic mass is 10.0. The molecule has 0 unspecified atom stereocenters. The number of halogens is 1. The molecule has 0 fully saturated rings. The second kappa shape index (κ2) is 7.29. The van der Waals surface area contributed by atoms with E-state index >= 15 is 0 Å². The first-order valence-corrected chi connectivity index (χ1v) is 7.83. The van der Waals surface area contributed by atoms with Crippen LogP contribution >= 0.6 is 11.6 Å². The Kier molecular flexibility index (Phi) is 5.35. The summed E-state index contributed by atoms with van der Waals surface area (Å²) in [4.78, 5) is 12.7. The maximum Gasteiger partial charge on any atom is 0.205 e. The normalized spacial score (nSPS) is 11.2. The van der Waals surface area contributed by atoms with Gasteiger partial charge in [-0.15, -0.1) is 6.58 Å². The molecule has 1 aromatic carbocycles. The van der Waals surface area contributed by atoms with Gasteiger partial charge in [-0.3, -0.25) is 4.79 Å². The summed E-state index contributed by atoms with van der Waals surface area (Å²) in [5.41, 5.74) is 2.31. The van der Waals surface area contributed by atoms with Gasteiger partial charge >= 0.3 is 0 Å². The zero-order valence-corrected chi connectivity index (χ0v) is 14.6. The Balaban J connectivity index is 2.48. The van der Waals surface area contributed by atoms with Gasteiger partial charge in [0.15, 0.2) is 11.5 Å². The summed E-state index contributed by atoms with van der Waals surface area (Å²) in [6, 6.07) is 6.21. The van der Waals surface area contributed by atoms with E-state index in [0.717, 1.165) is 11.4 Å². The first kappa shape index (κ1) is 18.4. The summed E-state index contributed by atoms with van der Waals surface area (Å²) in [6.07, 6.45) is 3.06. The van der Waals surface area contributed by atoms with Crippen LogP contribution < -0.4 is 0 Å². The Labute approximate surface area is 150 Å². The van der Waals surface area contributed by atoms with Crippen LogP contribution in [0.5, 0.6) is 11.5 Å². The maximum absolute atomic E-state index is 12.7. The number of allylic oxidation sites excluding steroid dienone is 2. The fourth-order valence-corrected chi connectivity index (χ4v) is 2.81. The van der Waals surface area contributed by atoms with Gasteiger partial charge in [0, 0.05) is 23.5 Å². The minimum Gasteiger partial charge on any atom is -0.504 e. The summed E-state index contributed by atoms with van der Waals surface area (Å²) in [7, 11) is 0. The van der Waals surface area contributed by atoms with E-state index in [1.807, 2.05) is 24.5 Å². The summed E-state index contributed by atoms with van der Waals surface area (Å²) >= 11 is 5.81. The zero-order chi connectivity index (χ0) is 18.7. The summed E-state index contributed by atoms with van der Waals surface area (Å²) in [5.74, 6) is -1.29. The molecule has 0 amide bonds. The number of nitriles is 1. The first-order valence-electron chi connectivity index (χ1n) is 7.45. The zero-order valence-electron chi connectivity index (χ0n) is 13.9. The van der Waals surface area contributed by atoms with Crippen molar-refractivity contribution in [3.05, 3.63) is 64.0 Å². The minimum absolute atomic E-state index is 0.0693. The van der Waals surface area contributed by atoms with Gasteiger partial charge in [0.05, 0.1) is 5.02 Å². The quantitative estimate of drug-likeness (QED) is 0.277. The number of nitrogens with zero attached hydrogens (tertiary/aromatic N) is 2. The smallest absolute Gasteiger partial charge is 0.205 e. The van der Waals surface area contributed by atoms with Gasteiger partial charge in [0.1, 0.15) is 11.6 Å². The number of aromatic nitrogens is 1. The average molecular weight is 357 g/mol. The second-order valence-corrected chi connectivity index (χ2v) is 5.96. The van der Waals surface area contributed by atoms with Crippen molar-refractivity contribution < 1.29 is 15.0 Å². The number of hydrogen-bond acceptors (Lipinski definition) is 4. The highest BCUT2D eigenvalue weighted by molar-refractivity contribution is 6.32. The van der Waals surface area contributed by atoms with Crippen LogP contribution in [0.1, 0.15) is 27.3 Å².